The number of fused-ring (bicyclic) bond motifs is 1. The second-order valence-corrected chi connectivity index (χ2v) is 12.6. The van der Waals surface area contributed by atoms with E-state index in [-0.39, 0.29) is 11.7 Å². The molecule has 0 aliphatic heterocycles. The average molecular weight is 594 g/mol. The van der Waals surface area contributed by atoms with Gasteiger partial charge in [-0.25, -0.2) is 4.79 Å². The van der Waals surface area contributed by atoms with Gasteiger partial charge in [0.05, 0.1) is 31.3 Å². The van der Waals surface area contributed by atoms with Crippen molar-refractivity contribution >= 4 is 17.1 Å². The van der Waals surface area contributed by atoms with Crippen molar-refractivity contribution in [2.24, 2.45) is 17.3 Å². The number of rotatable bonds is 19. The molecule has 0 radical (unpaired) electrons. The molecule has 0 aliphatic carbocycles. The summed E-state index contributed by atoms with van der Waals surface area (Å²) in [5.41, 5.74) is 0.600. The second-order valence-electron chi connectivity index (χ2n) is 12.6. The lowest BCUT2D eigenvalue weighted by Gasteiger charge is -2.30. The van der Waals surface area contributed by atoms with Crippen LogP contribution >= 0.6 is 0 Å². The summed E-state index contributed by atoms with van der Waals surface area (Å²) in [7, 11) is 1.59. The smallest absolute Gasteiger partial charge is 0.345 e. The lowest BCUT2D eigenvalue weighted by Crippen LogP contribution is -2.34. The number of carbonyl (C=O) groups excluding carboxylic acids is 1. The van der Waals surface area contributed by atoms with Crippen molar-refractivity contribution in [1.82, 2.24) is 4.98 Å². The molecule has 0 fully saturated rings. The Balaban J connectivity index is 1.25. The summed E-state index contributed by atoms with van der Waals surface area (Å²) in [6.07, 6.45) is 11.1. The zero-order valence-corrected chi connectivity index (χ0v) is 27.1. The van der Waals surface area contributed by atoms with Crippen LogP contribution in [0.4, 0.5) is 0 Å². The lowest BCUT2D eigenvalue weighted by molar-refractivity contribution is -0.157. The third kappa shape index (κ3) is 10.7. The maximum absolute atomic E-state index is 12.6. The Labute approximate surface area is 257 Å². The normalized spacial score (nSPS) is 12.4. The van der Waals surface area contributed by atoms with Crippen LogP contribution in [-0.2, 0) is 9.53 Å². The number of aromatic nitrogens is 1. The van der Waals surface area contributed by atoms with E-state index >= 15 is 0 Å². The summed E-state index contributed by atoms with van der Waals surface area (Å²) in [5.74, 6) is 1.97. The molecule has 0 saturated carbocycles. The Morgan fingerprint density at radius 2 is 1.53 bits per heavy atom. The molecule has 1 atom stereocenters. The summed E-state index contributed by atoms with van der Waals surface area (Å²) in [4.78, 5) is 29.5. The summed E-state index contributed by atoms with van der Waals surface area (Å²) in [5, 5.41) is 0.737. The van der Waals surface area contributed by atoms with E-state index in [0.717, 1.165) is 43.1 Å². The minimum Gasteiger partial charge on any atom is -0.497 e. The molecule has 3 rings (SSSR count). The van der Waals surface area contributed by atoms with E-state index in [1.807, 2.05) is 50.2 Å². The van der Waals surface area contributed by atoms with Crippen LogP contribution < -0.4 is 15.1 Å². The van der Waals surface area contributed by atoms with Crippen LogP contribution in [0.25, 0.3) is 22.2 Å². The molecular weight excluding hydrogens is 542 g/mol. The Morgan fingerprint density at radius 1 is 0.884 bits per heavy atom. The molecule has 0 spiro atoms. The number of carbonyl (C=O) groups is 1. The highest BCUT2D eigenvalue weighted by Crippen LogP contribution is 2.33. The van der Waals surface area contributed by atoms with Gasteiger partial charge >= 0.3 is 11.6 Å². The highest BCUT2D eigenvalue weighted by atomic mass is 16.5. The highest BCUT2D eigenvalue weighted by Gasteiger charge is 2.35. The van der Waals surface area contributed by atoms with Crippen molar-refractivity contribution in [3.63, 3.8) is 0 Å². The van der Waals surface area contributed by atoms with Gasteiger partial charge in [-0.15, -0.1) is 0 Å². The predicted molar refractivity (Wildman–Crippen MR) is 173 cm³/mol. The average Bonchev–Trinajstić information content (AvgIpc) is 2.98. The largest absolute Gasteiger partial charge is 0.497 e. The summed E-state index contributed by atoms with van der Waals surface area (Å²) < 4.78 is 22.2. The Hall–Kier alpha value is -3.35. The summed E-state index contributed by atoms with van der Waals surface area (Å²) >= 11 is 0. The fourth-order valence-corrected chi connectivity index (χ4v) is 5.23. The first-order valence-electron chi connectivity index (χ1n) is 16.0. The molecule has 2 aromatic heterocycles. The number of esters is 1. The van der Waals surface area contributed by atoms with Crippen LogP contribution in [0.3, 0.4) is 0 Å². The minimum atomic E-state index is -0.444. The Bertz CT molecular complexity index is 1350. The second kappa shape index (κ2) is 17.1. The fourth-order valence-electron chi connectivity index (χ4n) is 5.23. The molecule has 0 bridgehead atoms. The number of ether oxygens (including phenoxy) is 3. The Kier molecular flexibility index (Phi) is 13.6. The van der Waals surface area contributed by atoms with Crippen molar-refractivity contribution in [2.75, 3.05) is 20.3 Å². The van der Waals surface area contributed by atoms with E-state index in [9.17, 15) is 9.59 Å². The van der Waals surface area contributed by atoms with Crippen molar-refractivity contribution in [1.29, 1.82) is 0 Å². The maximum atomic E-state index is 12.6. The zero-order valence-electron chi connectivity index (χ0n) is 27.1. The summed E-state index contributed by atoms with van der Waals surface area (Å²) in [6.45, 7) is 11.7. The molecule has 236 valence electrons. The molecule has 1 unspecified atom stereocenters. The van der Waals surface area contributed by atoms with Gasteiger partial charge in [-0.05, 0) is 74.8 Å². The first kappa shape index (κ1) is 34.1. The quantitative estimate of drug-likeness (QED) is 0.101. The van der Waals surface area contributed by atoms with Crippen LogP contribution in [0.15, 0.2) is 51.7 Å². The topological polar surface area (TPSA) is 87.9 Å². The molecule has 0 aliphatic rings. The molecule has 0 saturated heterocycles. The van der Waals surface area contributed by atoms with E-state index in [4.69, 9.17) is 18.6 Å². The van der Waals surface area contributed by atoms with Crippen molar-refractivity contribution in [3.05, 3.63) is 52.9 Å². The van der Waals surface area contributed by atoms with Gasteiger partial charge in [-0.2, -0.15) is 4.98 Å². The molecule has 43 heavy (non-hydrogen) atoms. The Morgan fingerprint density at radius 3 is 2.19 bits per heavy atom. The first-order chi connectivity index (χ1) is 20.6. The minimum absolute atomic E-state index is 0.0632. The van der Waals surface area contributed by atoms with E-state index in [0.29, 0.717) is 42.2 Å². The summed E-state index contributed by atoms with van der Waals surface area (Å²) in [6, 6.07) is 12.8. The zero-order chi connectivity index (χ0) is 31.2. The monoisotopic (exact) mass is 593 g/mol. The first-order valence-corrected chi connectivity index (χ1v) is 16.0. The van der Waals surface area contributed by atoms with Crippen LogP contribution in [0.2, 0.25) is 0 Å². The van der Waals surface area contributed by atoms with E-state index in [1.54, 1.807) is 13.2 Å². The van der Waals surface area contributed by atoms with E-state index in [1.165, 1.54) is 32.1 Å². The molecule has 7 heteroatoms. The predicted octanol–water partition coefficient (Wildman–Crippen LogP) is 9.00. The van der Waals surface area contributed by atoms with Crippen LogP contribution in [0.1, 0.15) is 98.8 Å². The van der Waals surface area contributed by atoms with Gasteiger partial charge in [-0.3, -0.25) is 4.79 Å². The van der Waals surface area contributed by atoms with Gasteiger partial charge in [0.2, 0.25) is 11.6 Å². The number of nitrogens with zero attached hydrogens (tertiary/aromatic N) is 1. The van der Waals surface area contributed by atoms with Crippen LogP contribution in [0.5, 0.6) is 11.6 Å². The van der Waals surface area contributed by atoms with Crippen molar-refractivity contribution in [3.8, 4) is 22.8 Å². The highest BCUT2D eigenvalue weighted by molar-refractivity contribution is 5.79. The van der Waals surface area contributed by atoms with E-state index in [2.05, 4.69) is 25.8 Å². The third-order valence-electron chi connectivity index (χ3n) is 8.31. The molecular formula is C36H51NO6. The SMILES string of the molecule is COc1cccc(-c2cc3ccc(OCCCCCCCCCCCOC(=O)C(C)(C)C(C)CC(C)C)nc3oc2=O)c1. The van der Waals surface area contributed by atoms with Crippen molar-refractivity contribution < 1.29 is 23.4 Å². The van der Waals surface area contributed by atoms with Gasteiger partial charge < -0.3 is 18.6 Å². The molecule has 0 amide bonds. The van der Waals surface area contributed by atoms with E-state index < -0.39 is 11.0 Å². The molecule has 2 heterocycles. The third-order valence-corrected chi connectivity index (χ3v) is 8.31. The van der Waals surface area contributed by atoms with Crippen molar-refractivity contribution in [2.45, 2.75) is 98.8 Å². The van der Waals surface area contributed by atoms with Gasteiger partial charge in [0.1, 0.15) is 5.75 Å². The number of pyridine rings is 1. The maximum Gasteiger partial charge on any atom is 0.345 e. The lowest BCUT2D eigenvalue weighted by atomic mass is 9.76. The molecule has 1 aromatic carbocycles. The standard InChI is InChI=1S/C36H51NO6/c1-26(2)23-27(3)36(4,5)35(39)42-22-15-13-11-9-7-8-10-12-14-21-41-32-20-19-29-25-31(34(38)43-33(29)37-32)28-17-16-18-30(24-28)40-6/h16-20,24-27H,7-15,21-23H2,1-6H3. The van der Waals surface area contributed by atoms with Gasteiger partial charge in [0.15, 0.2) is 0 Å². The van der Waals surface area contributed by atoms with Gasteiger partial charge in [-0.1, -0.05) is 77.8 Å². The number of unbranched alkanes of at least 4 members (excludes halogenated alkanes) is 8. The molecule has 0 N–H and O–H groups in total. The molecule has 7 nitrogen and oxygen atoms in total. The number of hydrogen-bond acceptors (Lipinski definition) is 7. The van der Waals surface area contributed by atoms with Crippen LogP contribution in [0, 0.1) is 17.3 Å². The van der Waals surface area contributed by atoms with Crippen LogP contribution in [-0.4, -0.2) is 31.3 Å². The number of hydrogen-bond donors (Lipinski definition) is 0. The molecule has 3 aromatic rings. The number of methoxy groups -OCH3 is 1. The van der Waals surface area contributed by atoms with Gasteiger partial charge in [0, 0.05) is 11.5 Å². The van der Waals surface area contributed by atoms with Gasteiger partial charge in [0.25, 0.3) is 0 Å². The number of benzene rings is 1. The fraction of sp³-hybridized carbons (Fsp3) is 0.583.